The van der Waals surface area contributed by atoms with Crippen molar-refractivity contribution < 1.29 is 41.4 Å². The molecule has 1 atom stereocenters. The largest absolute Gasteiger partial charge is 1.00 e. The number of carbonyl (C=O) groups is 2. The molecule has 0 saturated carbocycles. The number of hydrogen-bond acceptors (Lipinski definition) is 4. The van der Waals surface area contributed by atoms with Crippen molar-refractivity contribution in [3.63, 3.8) is 0 Å². The van der Waals surface area contributed by atoms with Crippen LogP contribution in [0.1, 0.15) is 6.42 Å². The van der Waals surface area contributed by atoms with Gasteiger partial charge in [0, 0.05) is 0 Å². The number of carboxylic acid groups (broad SMARTS) is 1. The number of carbonyl (C=O) groups excluding carboxylic acids is 1. The molecule has 96 valence electrons. The summed E-state index contributed by atoms with van der Waals surface area (Å²) in [5.74, 6) is -2.11. The van der Waals surface area contributed by atoms with Gasteiger partial charge in [-0.1, -0.05) is 0 Å². The highest BCUT2D eigenvalue weighted by molar-refractivity contribution is 5.80. The van der Waals surface area contributed by atoms with Crippen LogP contribution < -0.4 is 12.4 Å². The van der Waals surface area contributed by atoms with Gasteiger partial charge < -0.3 is 31.8 Å². The van der Waals surface area contributed by atoms with E-state index in [1.807, 2.05) is 21.1 Å². The molecule has 0 radical (unpaired) electrons. The molecule has 0 aliphatic rings. The van der Waals surface area contributed by atoms with E-state index in [1.165, 1.54) is 0 Å². The van der Waals surface area contributed by atoms with Gasteiger partial charge in [-0.15, -0.1) is 0 Å². The fourth-order valence-corrected chi connectivity index (χ4v) is 0.765. The number of nitrogens with zero attached hydrogens (tertiary/aromatic N) is 1. The normalized spacial score (nSPS) is 12.5. The summed E-state index contributed by atoms with van der Waals surface area (Å²) in [6.45, 7) is 0.768. The number of likely N-dealkylation sites (N-methyl/N-ethyl adjacent to an activating group) is 1. The van der Waals surface area contributed by atoms with Crippen molar-refractivity contribution in [2.45, 2.75) is 12.5 Å². The summed E-state index contributed by atoms with van der Waals surface area (Å²) in [7, 11) is 5.80. The van der Waals surface area contributed by atoms with Crippen LogP contribution in [0.15, 0.2) is 0 Å². The maximum atomic E-state index is 11.0. The molecule has 0 aromatic heterocycles. The number of ether oxygens (including phenoxy) is 1. The second-order valence-corrected chi connectivity index (χ2v) is 4.30. The van der Waals surface area contributed by atoms with Crippen molar-refractivity contribution >= 4 is 11.9 Å². The Balaban J connectivity index is 0. The van der Waals surface area contributed by atoms with Crippen molar-refractivity contribution in [2.75, 3.05) is 34.3 Å². The average molecular weight is 256 g/mol. The Bertz CT molecular complexity index is 239. The minimum atomic E-state index is -1.57. The Kier molecular flexibility index (Phi) is 8.14. The summed E-state index contributed by atoms with van der Waals surface area (Å²) in [5.41, 5.74) is 0. The molecule has 16 heavy (non-hydrogen) atoms. The van der Waals surface area contributed by atoms with Gasteiger partial charge in [-0.2, -0.15) is 0 Å². The second-order valence-electron chi connectivity index (χ2n) is 4.30. The number of aliphatic carboxylic acids is 1. The molecule has 0 aliphatic carbocycles. The van der Waals surface area contributed by atoms with E-state index >= 15 is 0 Å². The third kappa shape index (κ3) is 9.70. The van der Waals surface area contributed by atoms with Crippen LogP contribution in [0.3, 0.4) is 0 Å². The van der Waals surface area contributed by atoms with Crippen LogP contribution >= 0.6 is 0 Å². The van der Waals surface area contributed by atoms with Crippen LogP contribution in [0.2, 0.25) is 0 Å². The first-order chi connectivity index (χ1) is 6.72. The summed E-state index contributed by atoms with van der Waals surface area (Å²) in [4.78, 5) is 21.2. The number of halogens is 1. The first kappa shape index (κ1) is 17.5. The van der Waals surface area contributed by atoms with Crippen LogP contribution in [0, 0.1) is 0 Å². The highest BCUT2D eigenvalue weighted by Gasteiger charge is 2.20. The molecule has 0 spiro atoms. The first-order valence-corrected chi connectivity index (χ1v) is 4.59. The Morgan fingerprint density at radius 1 is 1.31 bits per heavy atom. The number of quaternary nitrogens is 1. The highest BCUT2D eigenvalue weighted by Crippen LogP contribution is 1.97. The fourth-order valence-electron chi connectivity index (χ4n) is 0.765. The summed E-state index contributed by atoms with van der Waals surface area (Å²) < 4.78 is 5.34. The van der Waals surface area contributed by atoms with Crippen LogP contribution in [0.5, 0.6) is 0 Å². The van der Waals surface area contributed by atoms with Crippen molar-refractivity contribution in [1.29, 1.82) is 0 Å². The van der Waals surface area contributed by atoms with Gasteiger partial charge in [-0.3, -0.25) is 4.79 Å². The molecule has 0 heterocycles. The highest BCUT2D eigenvalue weighted by atomic mass is 35.5. The van der Waals surface area contributed by atoms with Gasteiger partial charge in [0.15, 0.2) is 6.10 Å². The van der Waals surface area contributed by atoms with Gasteiger partial charge in [0.25, 0.3) is 0 Å². The van der Waals surface area contributed by atoms with E-state index in [4.69, 9.17) is 14.9 Å². The average Bonchev–Trinajstić information content (AvgIpc) is 2.00. The molecule has 0 aromatic carbocycles. The lowest BCUT2D eigenvalue weighted by molar-refractivity contribution is -0.870. The molecular weight excluding hydrogens is 238 g/mol. The maximum Gasteiger partial charge on any atom is 0.335 e. The van der Waals surface area contributed by atoms with E-state index < -0.39 is 24.5 Å². The Hall–Kier alpha value is -0.850. The third-order valence-corrected chi connectivity index (χ3v) is 1.65. The Morgan fingerprint density at radius 2 is 1.81 bits per heavy atom. The minimum absolute atomic E-state index is 0. The lowest BCUT2D eigenvalue weighted by atomic mass is 10.2. The molecular formula is C9H18ClNO5. The molecule has 0 fully saturated rings. The molecule has 6 nitrogen and oxygen atoms in total. The lowest BCUT2D eigenvalue weighted by Gasteiger charge is -2.23. The van der Waals surface area contributed by atoms with Gasteiger partial charge in [0.05, 0.1) is 27.6 Å². The number of hydrogen-bond donors (Lipinski definition) is 2. The monoisotopic (exact) mass is 255 g/mol. The second kappa shape index (κ2) is 7.43. The quantitative estimate of drug-likeness (QED) is 0.374. The molecule has 0 saturated heterocycles. The number of aliphatic hydroxyl groups is 1. The molecule has 0 aromatic rings. The number of aliphatic hydroxyl groups excluding tert-OH is 1. The van der Waals surface area contributed by atoms with E-state index in [0.29, 0.717) is 11.0 Å². The summed E-state index contributed by atoms with van der Waals surface area (Å²) in [6.07, 6.45) is -2.20. The zero-order valence-corrected chi connectivity index (χ0v) is 10.4. The molecule has 0 rings (SSSR count). The zero-order valence-electron chi connectivity index (χ0n) is 9.64. The van der Waals surface area contributed by atoms with Gasteiger partial charge in [0.2, 0.25) is 0 Å². The molecule has 1 unspecified atom stereocenters. The number of carboxylic acids is 1. The maximum absolute atomic E-state index is 11.0. The van der Waals surface area contributed by atoms with E-state index in [0.717, 1.165) is 0 Å². The molecule has 0 amide bonds. The zero-order chi connectivity index (χ0) is 12.1. The van der Waals surface area contributed by atoms with Crippen LogP contribution in [0.4, 0.5) is 0 Å². The standard InChI is InChI=1S/C9H17NO5.ClH/c1-10(2,3)4-5-15-9(14)7(11)6-8(12)13;/h7,11H,4-6H2,1-3H3;1H. The topological polar surface area (TPSA) is 83.8 Å². The first-order valence-electron chi connectivity index (χ1n) is 4.59. The van der Waals surface area contributed by atoms with Crippen molar-refractivity contribution in [3.8, 4) is 0 Å². The smallest absolute Gasteiger partial charge is 0.335 e. The Labute approximate surface area is 101 Å². The van der Waals surface area contributed by atoms with E-state index in [9.17, 15) is 9.59 Å². The third-order valence-electron chi connectivity index (χ3n) is 1.65. The summed E-state index contributed by atoms with van der Waals surface area (Å²) in [5, 5.41) is 17.4. The number of esters is 1. The van der Waals surface area contributed by atoms with E-state index in [2.05, 4.69) is 0 Å². The summed E-state index contributed by atoms with van der Waals surface area (Å²) in [6, 6.07) is 0. The Morgan fingerprint density at radius 3 is 2.19 bits per heavy atom. The van der Waals surface area contributed by atoms with Gasteiger partial charge >= 0.3 is 11.9 Å². The van der Waals surface area contributed by atoms with Crippen LogP contribution in [0.25, 0.3) is 0 Å². The van der Waals surface area contributed by atoms with Crippen LogP contribution in [-0.2, 0) is 14.3 Å². The minimum Gasteiger partial charge on any atom is -1.00 e. The summed E-state index contributed by atoms with van der Waals surface area (Å²) >= 11 is 0. The van der Waals surface area contributed by atoms with Gasteiger partial charge in [-0.25, -0.2) is 4.79 Å². The molecule has 0 aliphatic heterocycles. The van der Waals surface area contributed by atoms with Gasteiger partial charge in [0.1, 0.15) is 13.2 Å². The SMILES string of the molecule is C[N+](C)(C)CCOC(=O)C(O)CC(=O)O.[Cl-]. The van der Waals surface area contributed by atoms with E-state index in [-0.39, 0.29) is 19.0 Å². The lowest BCUT2D eigenvalue weighted by Crippen LogP contribution is -3.00. The predicted molar refractivity (Wildman–Crippen MR) is 52.1 cm³/mol. The van der Waals surface area contributed by atoms with Crippen molar-refractivity contribution in [3.05, 3.63) is 0 Å². The van der Waals surface area contributed by atoms with Crippen molar-refractivity contribution in [1.82, 2.24) is 0 Å². The van der Waals surface area contributed by atoms with E-state index in [1.54, 1.807) is 0 Å². The van der Waals surface area contributed by atoms with Crippen molar-refractivity contribution in [2.24, 2.45) is 0 Å². The number of rotatable bonds is 6. The molecule has 7 heteroatoms. The molecule has 2 N–H and O–H groups in total. The molecule has 0 bridgehead atoms. The van der Waals surface area contributed by atoms with Gasteiger partial charge in [-0.05, 0) is 0 Å². The van der Waals surface area contributed by atoms with Crippen LogP contribution in [-0.4, -0.2) is 67.0 Å². The predicted octanol–water partition coefficient (Wildman–Crippen LogP) is -3.92. The fraction of sp³-hybridized carbons (Fsp3) is 0.778.